The Kier molecular flexibility index (Phi) is 5.85. The van der Waals surface area contributed by atoms with Crippen molar-refractivity contribution in [3.05, 3.63) is 29.0 Å². The molecule has 2 N–H and O–H groups in total. The number of quaternary nitrogens is 1. The van der Waals surface area contributed by atoms with E-state index >= 15 is 0 Å². The van der Waals surface area contributed by atoms with Crippen LogP contribution in [0.2, 0.25) is 0 Å². The van der Waals surface area contributed by atoms with Crippen molar-refractivity contribution in [2.75, 3.05) is 20.7 Å². The Bertz CT molecular complexity index is 692. The number of phenolic OH excluding ortho intramolecular Hbond substituents is 1. The zero-order valence-electron chi connectivity index (χ0n) is 13.7. The maximum atomic E-state index is 12.3. The van der Waals surface area contributed by atoms with Gasteiger partial charge in [0.05, 0.1) is 31.8 Å². The third-order valence-corrected chi connectivity index (χ3v) is 3.75. The minimum absolute atomic E-state index is 0. The second-order valence-corrected chi connectivity index (χ2v) is 5.58. The number of aromatic hydroxyl groups is 1. The van der Waals surface area contributed by atoms with E-state index < -0.39 is 0 Å². The number of phenols is 1. The summed E-state index contributed by atoms with van der Waals surface area (Å²) < 4.78 is 7.16. The van der Waals surface area contributed by atoms with Crippen LogP contribution in [0, 0.1) is 6.92 Å². The topological polar surface area (TPSA) is 55.9 Å². The monoisotopic (exact) mass is 326 g/mol. The van der Waals surface area contributed by atoms with Gasteiger partial charge in [-0.05, 0) is 26.0 Å². The highest BCUT2D eigenvalue weighted by atomic mass is 35.5. The van der Waals surface area contributed by atoms with E-state index in [0.29, 0.717) is 18.7 Å². The van der Waals surface area contributed by atoms with Gasteiger partial charge in [-0.15, -0.1) is 0 Å². The van der Waals surface area contributed by atoms with Crippen molar-refractivity contribution in [1.29, 1.82) is 0 Å². The van der Waals surface area contributed by atoms with Crippen molar-refractivity contribution in [3.8, 4) is 5.75 Å². The molecule has 0 saturated heterocycles. The fourth-order valence-corrected chi connectivity index (χ4v) is 2.70. The summed E-state index contributed by atoms with van der Waals surface area (Å²) in [6.45, 7) is 4.66. The summed E-state index contributed by atoms with van der Waals surface area (Å²) in [5.41, 5.74) is 3.13. The van der Waals surface area contributed by atoms with Crippen molar-refractivity contribution in [2.24, 2.45) is 7.05 Å². The summed E-state index contributed by atoms with van der Waals surface area (Å²) in [6, 6.07) is 3.53. The Morgan fingerprint density at radius 2 is 2.00 bits per heavy atom. The van der Waals surface area contributed by atoms with E-state index in [4.69, 9.17) is 4.74 Å². The average molecular weight is 327 g/mol. The van der Waals surface area contributed by atoms with Gasteiger partial charge in [0.15, 0.2) is 0 Å². The molecule has 0 amide bonds. The van der Waals surface area contributed by atoms with Gasteiger partial charge in [0.25, 0.3) is 0 Å². The van der Waals surface area contributed by atoms with Gasteiger partial charge in [-0.3, -0.25) is 0 Å². The highest BCUT2D eigenvalue weighted by Gasteiger charge is 2.24. The number of halogens is 1. The van der Waals surface area contributed by atoms with Crippen LogP contribution in [-0.4, -0.2) is 36.3 Å². The molecule has 0 aliphatic heterocycles. The molecule has 122 valence electrons. The summed E-state index contributed by atoms with van der Waals surface area (Å²) >= 11 is 0. The maximum absolute atomic E-state index is 12.3. The molecule has 0 saturated carbocycles. The van der Waals surface area contributed by atoms with E-state index in [9.17, 15) is 9.90 Å². The highest BCUT2D eigenvalue weighted by molar-refractivity contribution is 6.07. The lowest BCUT2D eigenvalue weighted by Gasteiger charge is -2.11. The molecule has 22 heavy (non-hydrogen) atoms. The Hall–Kier alpha value is -1.72. The molecule has 6 heteroatoms. The van der Waals surface area contributed by atoms with Crippen molar-refractivity contribution in [2.45, 2.75) is 20.4 Å². The number of carbonyl (C=O) groups excluding carboxylic acids is 1. The average Bonchev–Trinajstić information content (AvgIpc) is 2.66. The first-order chi connectivity index (χ1) is 9.88. The highest BCUT2D eigenvalue weighted by Crippen LogP contribution is 2.33. The second-order valence-electron chi connectivity index (χ2n) is 5.58. The van der Waals surface area contributed by atoms with Gasteiger partial charge in [0.2, 0.25) is 0 Å². The number of hydrogen-bond acceptors (Lipinski definition) is 3. The number of aromatic nitrogens is 1. The van der Waals surface area contributed by atoms with Crippen molar-refractivity contribution < 1.29 is 31.9 Å². The maximum Gasteiger partial charge on any atom is 0.340 e. The molecule has 0 spiro atoms. The number of carbonyl (C=O) groups is 1. The first kappa shape index (κ1) is 18.3. The van der Waals surface area contributed by atoms with Crippen molar-refractivity contribution >= 4 is 16.9 Å². The molecule has 0 aliphatic carbocycles. The molecule has 0 aliphatic rings. The van der Waals surface area contributed by atoms with Crippen molar-refractivity contribution in [1.82, 2.24) is 4.57 Å². The van der Waals surface area contributed by atoms with Crippen LogP contribution in [0.5, 0.6) is 5.75 Å². The van der Waals surface area contributed by atoms with Gasteiger partial charge in [-0.25, -0.2) is 4.79 Å². The van der Waals surface area contributed by atoms with Crippen molar-refractivity contribution in [3.63, 3.8) is 0 Å². The largest absolute Gasteiger partial charge is 1.00 e. The van der Waals surface area contributed by atoms with E-state index in [1.807, 2.05) is 38.7 Å². The van der Waals surface area contributed by atoms with Gasteiger partial charge in [0.1, 0.15) is 12.3 Å². The SMILES string of the molecule is CCOC(=O)c1c(C)n(C)c2ccc(O)c(C[NH+](C)C)c12.[Cl-]. The van der Waals surface area contributed by atoms with Crippen LogP contribution in [0.3, 0.4) is 0 Å². The molecule has 0 fully saturated rings. The molecular formula is C16H23ClN2O3. The van der Waals surface area contributed by atoms with Crippen LogP contribution in [0.1, 0.15) is 28.5 Å². The van der Waals surface area contributed by atoms with Gasteiger partial charge in [0, 0.05) is 23.6 Å². The Morgan fingerprint density at radius 1 is 1.36 bits per heavy atom. The number of aryl methyl sites for hydroxylation is 1. The normalized spacial score (nSPS) is 10.8. The minimum Gasteiger partial charge on any atom is -1.00 e. The zero-order valence-corrected chi connectivity index (χ0v) is 14.4. The Balaban J connectivity index is 0.00000242. The second kappa shape index (κ2) is 7.03. The summed E-state index contributed by atoms with van der Waals surface area (Å²) in [6.07, 6.45) is 0. The quantitative estimate of drug-likeness (QED) is 0.640. The number of nitrogens with one attached hydrogen (secondary N) is 1. The van der Waals surface area contributed by atoms with Gasteiger partial charge < -0.3 is 31.7 Å². The lowest BCUT2D eigenvalue weighted by atomic mass is 10.0. The summed E-state index contributed by atoms with van der Waals surface area (Å²) in [5, 5.41) is 11.0. The Labute approximate surface area is 136 Å². The van der Waals surface area contributed by atoms with E-state index in [0.717, 1.165) is 22.2 Å². The number of fused-ring (bicyclic) bond motifs is 1. The number of esters is 1. The predicted octanol–water partition coefficient (Wildman–Crippen LogP) is -1.98. The van der Waals surface area contributed by atoms with Crippen LogP contribution in [0.4, 0.5) is 0 Å². The number of benzene rings is 1. The molecule has 0 radical (unpaired) electrons. The lowest BCUT2D eigenvalue weighted by Crippen LogP contribution is -3.04. The molecular weight excluding hydrogens is 304 g/mol. The third-order valence-electron chi connectivity index (χ3n) is 3.75. The Morgan fingerprint density at radius 3 is 2.55 bits per heavy atom. The van der Waals surface area contributed by atoms with Gasteiger partial charge in [-0.1, -0.05) is 0 Å². The third kappa shape index (κ3) is 3.05. The summed E-state index contributed by atoms with van der Waals surface area (Å²) in [4.78, 5) is 13.5. The fourth-order valence-electron chi connectivity index (χ4n) is 2.70. The standard InChI is InChI=1S/C16H22N2O3.ClH/c1-6-21-16(20)14-10(2)18(5)12-7-8-13(19)11(15(12)14)9-17(3)4;/h7-8,19H,6,9H2,1-5H3;1H. The fraction of sp³-hybridized carbons (Fsp3) is 0.438. The molecule has 2 rings (SSSR count). The number of hydrogen-bond donors (Lipinski definition) is 2. The van der Waals surface area contributed by atoms with E-state index in [1.54, 1.807) is 13.0 Å². The van der Waals surface area contributed by atoms with Crippen LogP contribution >= 0.6 is 0 Å². The number of nitrogens with zero attached hydrogens (tertiary/aromatic N) is 1. The molecule has 5 nitrogen and oxygen atoms in total. The zero-order chi connectivity index (χ0) is 15.7. The molecule has 1 aromatic carbocycles. The number of rotatable bonds is 4. The molecule has 1 aromatic heterocycles. The van der Waals surface area contributed by atoms with E-state index in [1.165, 1.54) is 4.90 Å². The lowest BCUT2D eigenvalue weighted by molar-refractivity contribution is -0.872. The van der Waals surface area contributed by atoms with E-state index in [-0.39, 0.29) is 24.1 Å². The molecule has 0 atom stereocenters. The summed E-state index contributed by atoms with van der Waals surface area (Å²) in [5.74, 6) is -0.110. The van der Waals surface area contributed by atoms with Gasteiger partial charge >= 0.3 is 5.97 Å². The van der Waals surface area contributed by atoms with E-state index in [2.05, 4.69) is 0 Å². The molecule has 0 unspecified atom stereocenters. The first-order valence-electron chi connectivity index (χ1n) is 7.14. The van der Waals surface area contributed by atoms with Gasteiger partial charge in [-0.2, -0.15) is 0 Å². The number of ether oxygens (including phenoxy) is 1. The van der Waals surface area contributed by atoms with Crippen LogP contribution in [0.25, 0.3) is 10.9 Å². The smallest absolute Gasteiger partial charge is 0.340 e. The van der Waals surface area contributed by atoms with Crippen LogP contribution < -0.4 is 17.3 Å². The predicted molar refractivity (Wildman–Crippen MR) is 81.8 cm³/mol. The molecule has 0 bridgehead atoms. The summed E-state index contributed by atoms with van der Waals surface area (Å²) in [7, 11) is 5.94. The van der Waals surface area contributed by atoms with Crippen LogP contribution in [-0.2, 0) is 18.3 Å². The first-order valence-corrected chi connectivity index (χ1v) is 7.14. The van der Waals surface area contributed by atoms with Crippen LogP contribution in [0.15, 0.2) is 12.1 Å². The molecule has 2 aromatic rings. The minimum atomic E-state index is -0.332. The molecule has 1 heterocycles.